The molecule has 1 aromatic rings. The van der Waals surface area contributed by atoms with E-state index in [0.29, 0.717) is 5.04 Å². The van der Waals surface area contributed by atoms with Crippen molar-refractivity contribution in [2.75, 3.05) is 6.61 Å². The van der Waals surface area contributed by atoms with Gasteiger partial charge in [-0.2, -0.15) is 0 Å². The summed E-state index contributed by atoms with van der Waals surface area (Å²) in [6.45, 7) is 14.6. The highest BCUT2D eigenvalue weighted by molar-refractivity contribution is 6.74. The van der Waals surface area contributed by atoms with Gasteiger partial charge in [-0.1, -0.05) is 96.2 Å². The molecule has 0 saturated heterocycles. The fourth-order valence-electron chi connectivity index (χ4n) is 2.72. The number of rotatable bonds is 12. The third-order valence-corrected chi connectivity index (χ3v) is 10.2. The fraction of sp³-hybridized carbons (Fsp3) is 0.667. The average molecular weight is 375 g/mol. The van der Waals surface area contributed by atoms with Crippen LogP contribution in [0.3, 0.4) is 0 Å². The van der Waals surface area contributed by atoms with Gasteiger partial charge in [0, 0.05) is 6.61 Å². The van der Waals surface area contributed by atoms with E-state index in [9.17, 15) is 0 Å². The number of unbranched alkanes of at least 4 members (excludes halogenated alkanes) is 5. The SMILES string of the molecule is CCCCCCCCc1ccc(C=CCCO[Si](C)(C)C(C)(C)C)cc1. The molecule has 0 fully saturated rings. The minimum Gasteiger partial charge on any atom is -0.417 e. The zero-order valence-electron chi connectivity index (χ0n) is 18.2. The second-order valence-electron chi connectivity index (χ2n) is 9.06. The predicted molar refractivity (Wildman–Crippen MR) is 120 cm³/mol. The number of aryl methyl sites for hydroxylation is 1. The van der Waals surface area contributed by atoms with Gasteiger partial charge in [-0.15, -0.1) is 0 Å². The van der Waals surface area contributed by atoms with E-state index in [0.717, 1.165) is 13.0 Å². The normalized spacial score (nSPS) is 12.8. The Morgan fingerprint density at radius 3 is 2.15 bits per heavy atom. The van der Waals surface area contributed by atoms with Crippen LogP contribution in [0.5, 0.6) is 0 Å². The summed E-state index contributed by atoms with van der Waals surface area (Å²) in [4.78, 5) is 0. The van der Waals surface area contributed by atoms with Crippen molar-refractivity contribution in [1.82, 2.24) is 0 Å². The molecule has 0 atom stereocenters. The molecule has 26 heavy (non-hydrogen) atoms. The molecule has 0 bridgehead atoms. The number of hydrogen-bond acceptors (Lipinski definition) is 1. The minimum absolute atomic E-state index is 0.294. The Morgan fingerprint density at radius 2 is 1.54 bits per heavy atom. The predicted octanol–water partition coefficient (Wildman–Crippen LogP) is 8.01. The van der Waals surface area contributed by atoms with Crippen molar-refractivity contribution in [3.05, 3.63) is 41.5 Å². The summed E-state index contributed by atoms with van der Waals surface area (Å²) in [7, 11) is -1.60. The second-order valence-corrected chi connectivity index (χ2v) is 13.9. The van der Waals surface area contributed by atoms with E-state index in [4.69, 9.17) is 4.43 Å². The van der Waals surface area contributed by atoms with Gasteiger partial charge in [0.15, 0.2) is 8.32 Å². The van der Waals surface area contributed by atoms with Gasteiger partial charge in [-0.25, -0.2) is 0 Å². The lowest BCUT2D eigenvalue weighted by Gasteiger charge is -2.36. The molecule has 1 aromatic carbocycles. The van der Waals surface area contributed by atoms with Gasteiger partial charge in [0.2, 0.25) is 0 Å². The largest absolute Gasteiger partial charge is 0.417 e. The van der Waals surface area contributed by atoms with Crippen molar-refractivity contribution in [3.63, 3.8) is 0 Å². The Labute approximate surface area is 164 Å². The molecule has 1 rings (SSSR count). The smallest absolute Gasteiger partial charge is 0.191 e. The van der Waals surface area contributed by atoms with Crippen LogP contribution in [-0.2, 0) is 10.8 Å². The molecular weight excluding hydrogens is 332 g/mol. The van der Waals surface area contributed by atoms with E-state index in [1.165, 1.54) is 56.1 Å². The highest BCUT2D eigenvalue weighted by atomic mass is 28.4. The lowest BCUT2D eigenvalue weighted by molar-refractivity contribution is 0.294. The zero-order valence-corrected chi connectivity index (χ0v) is 19.2. The van der Waals surface area contributed by atoms with E-state index in [1.54, 1.807) is 0 Å². The van der Waals surface area contributed by atoms with Gasteiger partial charge in [0.05, 0.1) is 0 Å². The van der Waals surface area contributed by atoms with Gasteiger partial charge in [0.1, 0.15) is 0 Å². The maximum atomic E-state index is 6.22. The van der Waals surface area contributed by atoms with Crippen molar-refractivity contribution in [1.29, 1.82) is 0 Å². The molecule has 148 valence electrons. The van der Waals surface area contributed by atoms with E-state index in [1.807, 2.05) is 0 Å². The highest BCUT2D eigenvalue weighted by Crippen LogP contribution is 2.36. The molecule has 0 aliphatic heterocycles. The molecule has 0 amide bonds. The van der Waals surface area contributed by atoms with Crippen LogP contribution in [0.15, 0.2) is 30.3 Å². The molecule has 0 aliphatic rings. The number of hydrogen-bond donors (Lipinski definition) is 0. The molecular formula is C24H42OSi. The first-order valence-electron chi connectivity index (χ1n) is 10.7. The standard InChI is InChI=1S/C24H42OSi/c1-7-8-9-10-11-12-15-22-17-19-23(20-18-22)16-13-14-21-25-26(5,6)24(2,3)4/h13,16-20H,7-12,14-15,21H2,1-6H3. The molecule has 0 aliphatic carbocycles. The molecule has 0 saturated carbocycles. The molecule has 0 aromatic heterocycles. The lowest BCUT2D eigenvalue weighted by atomic mass is 10.0. The van der Waals surface area contributed by atoms with Crippen LogP contribution >= 0.6 is 0 Å². The molecule has 0 spiro atoms. The Balaban J connectivity index is 2.26. The summed E-state index contributed by atoms with van der Waals surface area (Å²) >= 11 is 0. The van der Waals surface area contributed by atoms with Crippen molar-refractivity contribution < 1.29 is 4.43 Å². The lowest BCUT2D eigenvalue weighted by Crippen LogP contribution is -2.40. The van der Waals surface area contributed by atoms with Crippen molar-refractivity contribution in [2.24, 2.45) is 0 Å². The summed E-state index contributed by atoms with van der Waals surface area (Å²) in [5.41, 5.74) is 2.77. The van der Waals surface area contributed by atoms with Crippen LogP contribution in [0.4, 0.5) is 0 Å². The third kappa shape index (κ3) is 9.18. The first-order chi connectivity index (χ1) is 12.3. The quantitative estimate of drug-likeness (QED) is 0.266. The van der Waals surface area contributed by atoms with Crippen LogP contribution in [0.25, 0.3) is 6.08 Å². The molecule has 0 radical (unpaired) electrons. The van der Waals surface area contributed by atoms with Crippen LogP contribution in [0.1, 0.15) is 83.8 Å². The van der Waals surface area contributed by atoms with Crippen molar-refractivity contribution >= 4 is 14.4 Å². The Hall–Kier alpha value is -0.863. The summed E-state index contributed by atoms with van der Waals surface area (Å²) < 4.78 is 6.22. The minimum atomic E-state index is -1.60. The Bertz CT molecular complexity index is 508. The molecule has 2 heteroatoms. The van der Waals surface area contributed by atoms with E-state index >= 15 is 0 Å². The van der Waals surface area contributed by atoms with Crippen molar-refractivity contribution in [3.8, 4) is 0 Å². The Morgan fingerprint density at radius 1 is 0.923 bits per heavy atom. The van der Waals surface area contributed by atoms with Crippen LogP contribution in [0, 0.1) is 0 Å². The fourth-order valence-corrected chi connectivity index (χ4v) is 3.78. The highest BCUT2D eigenvalue weighted by Gasteiger charge is 2.36. The molecule has 0 unspecified atom stereocenters. The summed E-state index contributed by atoms with van der Waals surface area (Å²) in [6.07, 6.45) is 14.9. The second kappa shape index (κ2) is 11.8. The van der Waals surface area contributed by atoms with Gasteiger partial charge >= 0.3 is 0 Å². The molecule has 1 nitrogen and oxygen atoms in total. The van der Waals surface area contributed by atoms with Crippen LogP contribution in [-0.4, -0.2) is 14.9 Å². The van der Waals surface area contributed by atoms with Gasteiger partial charge < -0.3 is 4.43 Å². The maximum Gasteiger partial charge on any atom is 0.191 e. The third-order valence-electron chi connectivity index (χ3n) is 5.66. The van der Waals surface area contributed by atoms with Crippen molar-refractivity contribution in [2.45, 2.75) is 97.2 Å². The maximum absolute atomic E-state index is 6.22. The summed E-state index contributed by atoms with van der Waals surface area (Å²) in [6, 6.07) is 9.07. The van der Waals surface area contributed by atoms with Gasteiger partial charge in [-0.05, 0) is 48.5 Å². The zero-order chi connectivity index (χ0) is 19.5. The molecule has 0 N–H and O–H groups in total. The first-order valence-corrected chi connectivity index (χ1v) is 13.6. The van der Waals surface area contributed by atoms with Gasteiger partial charge in [-0.3, -0.25) is 0 Å². The molecule has 0 heterocycles. The van der Waals surface area contributed by atoms with E-state index in [2.05, 4.69) is 77.2 Å². The van der Waals surface area contributed by atoms with E-state index in [-0.39, 0.29) is 0 Å². The van der Waals surface area contributed by atoms with E-state index < -0.39 is 8.32 Å². The van der Waals surface area contributed by atoms with Crippen LogP contribution in [0.2, 0.25) is 18.1 Å². The van der Waals surface area contributed by atoms with Gasteiger partial charge in [0.25, 0.3) is 0 Å². The monoisotopic (exact) mass is 374 g/mol. The summed E-state index contributed by atoms with van der Waals surface area (Å²) in [5.74, 6) is 0. The topological polar surface area (TPSA) is 9.23 Å². The first kappa shape index (κ1) is 23.2. The summed E-state index contributed by atoms with van der Waals surface area (Å²) in [5, 5.41) is 0.294. The average Bonchev–Trinajstić information content (AvgIpc) is 2.58. The number of benzene rings is 1. The van der Waals surface area contributed by atoms with Crippen LogP contribution < -0.4 is 0 Å². The Kier molecular flexibility index (Phi) is 10.5.